The van der Waals surface area contributed by atoms with Crippen LogP contribution < -0.4 is 11.1 Å². The molecule has 1 aliphatic heterocycles. The summed E-state index contributed by atoms with van der Waals surface area (Å²) in [6.45, 7) is -0.358. The SMILES string of the molecule is CN1C(=O)N(CC(=O)Nc2cc(Cl)c(N)c(Cl)c2)C(=O)C12CCCCC2. The second-order valence-corrected chi connectivity index (χ2v) is 7.54. The normalized spacial score (nSPS) is 19.3. The molecule has 1 heterocycles. The Morgan fingerprint density at radius 3 is 2.35 bits per heavy atom. The van der Waals surface area contributed by atoms with E-state index in [1.165, 1.54) is 17.0 Å². The van der Waals surface area contributed by atoms with Gasteiger partial charge in [0, 0.05) is 12.7 Å². The molecule has 140 valence electrons. The molecule has 1 aromatic carbocycles. The van der Waals surface area contributed by atoms with Crippen LogP contribution in [0.5, 0.6) is 0 Å². The molecule has 1 aromatic rings. The molecule has 1 aliphatic carbocycles. The first-order valence-electron chi connectivity index (χ1n) is 8.40. The number of benzene rings is 1. The Labute approximate surface area is 161 Å². The van der Waals surface area contributed by atoms with Gasteiger partial charge in [-0.3, -0.25) is 14.5 Å². The Kier molecular flexibility index (Phi) is 5.03. The van der Waals surface area contributed by atoms with Crippen molar-refractivity contribution in [2.24, 2.45) is 0 Å². The minimum absolute atomic E-state index is 0.210. The van der Waals surface area contributed by atoms with Crippen molar-refractivity contribution >= 4 is 52.4 Å². The number of nitrogen functional groups attached to an aromatic ring is 1. The fraction of sp³-hybridized carbons (Fsp3) is 0.471. The molecule has 1 saturated carbocycles. The molecular formula is C17H20Cl2N4O3. The summed E-state index contributed by atoms with van der Waals surface area (Å²) in [5.41, 5.74) is 5.43. The molecular weight excluding hydrogens is 379 g/mol. The van der Waals surface area contributed by atoms with Crippen molar-refractivity contribution in [1.29, 1.82) is 0 Å². The highest BCUT2D eigenvalue weighted by Gasteiger charge is 2.55. The second kappa shape index (κ2) is 6.96. The van der Waals surface area contributed by atoms with Crippen LogP contribution in [0.3, 0.4) is 0 Å². The van der Waals surface area contributed by atoms with Gasteiger partial charge in [-0.2, -0.15) is 0 Å². The average molecular weight is 399 g/mol. The lowest BCUT2D eigenvalue weighted by Gasteiger charge is -2.35. The van der Waals surface area contributed by atoms with Gasteiger partial charge in [-0.1, -0.05) is 42.5 Å². The van der Waals surface area contributed by atoms with E-state index in [1.807, 2.05) is 0 Å². The van der Waals surface area contributed by atoms with Gasteiger partial charge in [-0.15, -0.1) is 0 Å². The van der Waals surface area contributed by atoms with Gasteiger partial charge in [0.05, 0.1) is 15.7 Å². The van der Waals surface area contributed by atoms with Crippen LogP contribution in [-0.4, -0.2) is 46.8 Å². The summed E-state index contributed by atoms with van der Waals surface area (Å²) < 4.78 is 0. The molecule has 3 N–H and O–H groups in total. The lowest BCUT2D eigenvalue weighted by molar-refractivity contribution is -0.136. The average Bonchev–Trinajstić information content (AvgIpc) is 2.77. The summed E-state index contributed by atoms with van der Waals surface area (Å²) in [4.78, 5) is 40.2. The van der Waals surface area contributed by atoms with Gasteiger partial charge < -0.3 is 16.0 Å². The Morgan fingerprint density at radius 2 is 1.77 bits per heavy atom. The van der Waals surface area contributed by atoms with Crippen LogP contribution >= 0.6 is 23.2 Å². The number of amides is 4. The number of imide groups is 1. The largest absolute Gasteiger partial charge is 0.396 e. The second-order valence-electron chi connectivity index (χ2n) is 6.73. The molecule has 0 radical (unpaired) electrons. The van der Waals surface area contributed by atoms with Gasteiger partial charge in [-0.05, 0) is 25.0 Å². The van der Waals surface area contributed by atoms with Gasteiger partial charge in [-0.25, -0.2) is 4.79 Å². The highest BCUT2D eigenvalue weighted by Crippen LogP contribution is 2.39. The van der Waals surface area contributed by atoms with Crippen LogP contribution in [0, 0.1) is 0 Å². The summed E-state index contributed by atoms with van der Waals surface area (Å²) in [6.07, 6.45) is 4.11. The first kappa shape index (κ1) is 18.8. The minimum atomic E-state index is -0.802. The van der Waals surface area contributed by atoms with Crippen LogP contribution in [0.2, 0.25) is 10.0 Å². The summed E-state index contributed by atoms with van der Waals surface area (Å²) in [5, 5.41) is 3.02. The molecule has 0 bridgehead atoms. The third-order valence-electron chi connectivity index (χ3n) is 5.15. The summed E-state index contributed by atoms with van der Waals surface area (Å²) in [5.74, 6) is -0.807. The topological polar surface area (TPSA) is 95.7 Å². The third kappa shape index (κ3) is 3.10. The smallest absolute Gasteiger partial charge is 0.327 e. The number of halogens is 2. The zero-order valence-corrected chi connectivity index (χ0v) is 15.9. The van der Waals surface area contributed by atoms with Crippen LogP contribution in [0.4, 0.5) is 16.2 Å². The van der Waals surface area contributed by atoms with E-state index >= 15 is 0 Å². The number of likely N-dealkylation sites (N-methyl/N-ethyl adjacent to an activating group) is 1. The number of carbonyl (C=O) groups excluding carboxylic acids is 3. The van der Waals surface area contributed by atoms with Crippen LogP contribution in [0.25, 0.3) is 0 Å². The van der Waals surface area contributed by atoms with Crippen LogP contribution in [0.15, 0.2) is 12.1 Å². The number of hydrogen-bond donors (Lipinski definition) is 2. The molecule has 1 spiro atoms. The Bertz CT molecular complexity index is 754. The molecule has 2 aliphatic rings. The molecule has 0 aromatic heterocycles. The fourth-order valence-corrected chi connectivity index (χ4v) is 4.16. The molecule has 1 saturated heterocycles. The standard InChI is InChI=1S/C17H20Cl2N4O3/c1-22-16(26)23(15(25)17(22)5-3-2-4-6-17)9-13(24)21-10-7-11(18)14(20)12(19)8-10/h7-8H,2-6,9,20H2,1H3,(H,21,24). The zero-order chi connectivity index (χ0) is 19.1. The summed E-state index contributed by atoms with van der Waals surface area (Å²) >= 11 is 11.9. The van der Waals surface area contributed by atoms with E-state index in [0.717, 1.165) is 24.2 Å². The predicted molar refractivity (Wildman–Crippen MR) is 100 cm³/mol. The molecule has 0 unspecified atom stereocenters. The molecule has 4 amide bonds. The van der Waals surface area contributed by atoms with E-state index in [-0.39, 0.29) is 28.2 Å². The molecule has 3 rings (SSSR count). The van der Waals surface area contributed by atoms with Crippen molar-refractivity contribution in [1.82, 2.24) is 9.80 Å². The number of rotatable bonds is 3. The van der Waals surface area contributed by atoms with Crippen LogP contribution in [0.1, 0.15) is 32.1 Å². The monoisotopic (exact) mass is 398 g/mol. The zero-order valence-electron chi connectivity index (χ0n) is 14.3. The van der Waals surface area contributed by atoms with Crippen molar-refractivity contribution in [2.45, 2.75) is 37.6 Å². The Morgan fingerprint density at radius 1 is 1.19 bits per heavy atom. The predicted octanol–water partition coefficient (Wildman–Crippen LogP) is 3.11. The number of urea groups is 1. The number of nitrogens with two attached hydrogens (primary N) is 1. The lowest BCUT2D eigenvalue weighted by Crippen LogP contribution is -2.49. The minimum Gasteiger partial charge on any atom is -0.396 e. The molecule has 26 heavy (non-hydrogen) atoms. The van der Waals surface area contributed by atoms with E-state index in [9.17, 15) is 14.4 Å². The summed E-state index contributed by atoms with van der Waals surface area (Å²) in [6, 6.07) is 2.48. The number of carbonyl (C=O) groups is 3. The highest BCUT2D eigenvalue weighted by molar-refractivity contribution is 6.39. The maximum atomic E-state index is 12.9. The lowest BCUT2D eigenvalue weighted by atomic mass is 9.81. The van der Waals surface area contributed by atoms with Gasteiger partial charge in [0.1, 0.15) is 12.1 Å². The quantitative estimate of drug-likeness (QED) is 0.603. The summed E-state index contributed by atoms with van der Waals surface area (Å²) in [7, 11) is 1.63. The van der Waals surface area contributed by atoms with Gasteiger partial charge >= 0.3 is 6.03 Å². The van der Waals surface area contributed by atoms with E-state index in [4.69, 9.17) is 28.9 Å². The number of hydrogen-bond acceptors (Lipinski definition) is 4. The van der Waals surface area contributed by atoms with Gasteiger partial charge in [0.15, 0.2) is 0 Å². The number of nitrogens with zero attached hydrogens (tertiary/aromatic N) is 2. The first-order valence-corrected chi connectivity index (χ1v) is 9.16. The van der Waals surface area contributed by atoms with Crippen molar-refractivity contribution in [2.75, 3.05) is 24.6 Å². The van der Waals surface area contributed by atoms with Gasteiger partial charge in [0.2, 0.25) is 5.91 Å². The van der Waals surface area contributed by atoms with Crippen molar-refractivity contribution in [3.8, 4) is 0 Å². The van der Waals surface area contributed by atoms with Crippen molar-refractivity contribution in [3.63, 3.8) is 0 Å². The first-order chi connectivity index (χ1) is 12.3. The van der Waals surface area contributed by atoms with E-state index in [2.05, 4.69) is 5.32 Å². The maximum Gasteiger partial charge on any atom is 0.327 e. The molecule has 2 fully saturated rings. The fourth-order valence-electron chi connectivity index (χ4n) is 3.67. The highest BCUT2D eigenvalue weighted by atomic mass is 35.5. The Balaban J connectivity index is 1.73. The number of anilines is 2. The van der Waals surface area contributed by atoms with Crippen molar-refractivity contribution in [3.05, 3.63) is 22.2 Å². The molecule has 0 atom stereocenters. The molecule has 7 nitrogen and oxygen atoms in total. The number of nitrogens with one attached hydrogen (secondary N) is 1. The molecule has 9 heteroatoms. The van der Waals surface area contributed by atoms with E-state index in [1.54, 1.807) is 7.05 Å². The maximum absolute atomic E-state index is 12.9. The van der Waals surface area contributed by atoms with Crippen LogP contribution in [-0.2, 0) is 9.59 Å². The Hall–Kier alpha value is -1.99. The van der Waals surface area contributed by atoms with Gasteiger partial charge in [0.25, 0.3) is 5.91 Å². The van der Waals surface area contributed by atoms with E-state index in [0.29, 0.717) is 18.5 Å². The third-order valence-corrected chi connectivity index (χ3v) is 5.77. The van der Waals surface area contributed by atoms with E-state index < -0.39 is 17.5 Å². The van der Waals surface area contributed by atoms with Crippen molar-refractivity contribution < 1.29 is 14.4 Å².